The monoisotopic (exact) mass is 245 g/mol. The predicted octanol–water partition coefficient (Wildman–Crippen LogP) is 1.43. The number of likely N-dealkylation sites (tertiary alicyclic amines) is 1. The third kappa shape index (κ3) is 3.34. The lowest BCUT2D eigenvalue weighted by Gasteiger charge is -2.14. The van der Waals surface area contributed by atoms with E-state index in [1.807, 2.05) is 6.07 Å². The summed E-state index contributed by atoms with van der Waals surface area (Å²) in [7, 11) is 0. The lowest BCUT2D eigenvalue weighted by Crippen LogP contribution is -2.22. The molecule has 2 rings (SSSR count). The molecule has 0 bridgehead atoms. The van der Waals surface area contributed by atoms with E-state index < -0.39 is 0 Å². The summed E-state index contributed by atoms with van der Waals surface area (Å²) in [5.74, 6) is 0.676. The Kier molecular flexibility index (Phi) is 4.37. The fraction of sp³-hybridized carbons (Fsp3) is 0.538. The number of pyridine rings is 1. The van der Waals surface area contributed by atoms with Crippen molar-refractivity contribution in [3.05, 3.63) is 17.8 Å². The van der Waals surface area contributed by atoms with E-state index >= 15 is 0 Å². The van der Waals surface area contributed by atoms with Crippen LogP contribution in [-0.2, 0) is 0 Å². The number of hydrogen-bond acceptors (Lipinski definition) is 5. The maximum Gasteiger partial charge on any atom is 0.149 e. The van der Waals surface area contributed by atoms with Gasteiger partial charge < -0.3 is 16.0 Å². The molecular formula is C13H19N5. The number of anilines is 2. The molecule has 96 valence electrons. The molecule has 1 aliphatic rings. The highest BCUT2D eigenvalue weighted by molar-refractivity contribution is 5.62. The number of aromatic nitrogens is 1. The maximum absolute atomic E-state index is 8.72. The van der Waals surface area contributed by atoms with Crippen molar-refractivity contribution in [3.8, 4) is 6.07 Å². The van der Waals surface area contributed by atoms with Gasteiger partial charge in [-0.05, 0) is 45.0 Å². The van der Waals surface area contributed by atoms with E-state index in [1.165, 1.54) is 25.9 Å². The summed E-state index contributed by atoms with van der Waals surface area (Å²) in [5.41, 5.74) is 6.85. The topological polar surface area (TPSA) is 78.0 Å². The van der Waals surface area contributed by atoms with Gasteiger partial charge in [-0.1, -0.05) is 0 Å². The van der Waals surface area contributed by atoms with Crippen molar-refractivity contribution in [2.75, 3.05) is 37.2 Å². The average Bonchev–Trinajstić information content (AvgIpc) is 2.89. The molecule has 0 saturated carbocycles. The quantitative estimate of drug-likeness (QED) is 0.767. The van der Waals surface area contributed by atoms with Crippen LogP contribution in [0.1, 0.15) is 24.8 Å². The smallest absolute Gasteiger partial charge is 0.149 e. The Morgan fingerprint density at radius 1 is 1.44 bits per heavy atom. The van der Waals surface area contributed by atoms with Crippen LogP contribution in [0.15, 0.2) is 12.3 Å². The minimum Gasteiger partial charge on any atom is -0.396 e. The molecule has 3 N–H and O–H groups in total. The van der Waals surface area contributed by atoms with Gasteiger partial charge in [-0.3, -0.25) is 0 Å². The van der Waals surface area contributed by atoms with E-state index in [4.69, 9.17) is 11.0 Å². The van der Waals surface area contributed by atoms with E-state index in [0.29, 0.717) is 17.1 Å². The summed E-state index contributed by atoms with van der Waals surface area (Å²) in [5, 5.41) is 11.9. The molecule has 1 fully saturated rings. The molecule has 0 radical (unpaired) electrons. The summed E-state index contributed by atoms with van der Waals surface area (Å²) in [6.45, 7) is 4.46. The zero-order valence-corrected chi connectivity index (χ0v) is 10.5. The van der Waals surface area contributed by atoms with Crippen LogP contribution < -0.4 is 11.1 Å². The Morgan fingerprint density at radius 2 is 2.22 bits per heavy atom. The molecule has 0 unspecified atom stereocenters. The minimum atomic E-state index is 0.495. The van der Waals surface area contributed by atoms with Crippen LogP contribution >= 0.6 is 0 Å². The molecule has 0 aliphatic carbocycles. The highest BCUT2D eigenvalue weighted by atomic mass is 15.1. The molecular weight excluding hydrogens is 226 g/mol. The van der Waals surface area contributed by atoms with E-state index in [9.17, 15) is 0 Å². The van der Waals surface area contributed by atoms with E-state index in [0.717, 1.165) is 19.5 Å². The van der Waals surface area contributed by atoms with Crippen molar-refractivity contribution in [2.45, 2.75) is 19.3 Å². The number of rotatable bonds is 5. The number of nitrogens with two attached hydrogens (primary N) is 1. The number of hydrogen-bond donors (Lipinski definition) is 2. The number of nitrogens with zero attached hydrogens (tertiary/aromatic N) is 3. The summed E-state index contributed by atoms with van der Waals surface area (Å²) >= 11 is 0. The number of nitrogen functional groups attached to an aromatic ring is 1. The van der Waals surface area contributed by atoms with E-state index in [-0.39, 0.29) is 0 Å². The highest BCUT2D eigenvalue weighted by Crippen LogP contribution is 2.15. The predicted molar refractivity (Wildman–Crippen MR) is 72.1 cm³/mol. The molecule has 0 aromatic carbocycles. The third-order valence-electron chi connectivity index (χ3n) is 3.19. The second kappa shape index (κ2) is 6.22. The molecule has 0 spiro atoms. The molecule has 1 aromatic rings. The molecule has 0 atom stereocenters. The van der Waals surface area contributed by atoms with Gasteiger partial charge in [0.05, 0.1) is 11.3 Å². The second-order valence-electron chi connectivity index (χ2n) is 4.60. The molecule has 1 aliphatic heterocycles. The van der Waals surface area contributed by atoms with Crippen LogP contribution in [-0.4, -0.2) is 36.1 Å². The summed E-state index contributed by atoms with van der Waals surface area (Å²) in [6, 6.07) is 3.67. The van der Waals surface area contributed by atoms with Crippen molar-refractivity contribution >= 4 is 11.5 Å². The SMILES string of the molecule is N#Cc1cnc(NCCCN2CCCC2)c(N)c1. The van der Waals surface area contributed by atoms with Gasteiger partial charge in [0.15, 0.2) is 0 Å². The van der Waals surface area contributed by atoms with Crippen molar-refractivity contribution in [2.24, 2.45) is 0 Å². The van der Waals surface area contributed by atoms with Gasteiger partial charge >= 0.3 is 0 Å². The van der Waals surface area contributed by atoms with E-state index in [2.05, 4.69) is 15.2 Å². The molecule has 1 aromatic heterocycles. The van der Waals surface area contributed by atoms with Crippen LogP contribution in [0, 0.1) is 11.3 Å². The molecule has 2 heterocycles. The van der Waals surface area contributed by atoms with Gasteiger partial charge in [0, 0.05) is 12.7 Å². The standard InChI is InChI=1S/C13H19N5/c14-9-11-8-12(15)13(17-10-11)16-4-3-7-18-5-1-2-6-18/h8,10H,1-7,15H2,(H,16,17). The van der Waals surface area contributed by atoms with Crippen LogP contribution in [0.2, 0.25) is 0 Å². The van der Waals surface area contributed by atoms with Crippen LogP contribution in [0.5, 0.6) is 0 Å². The van der Waals surface area contributed by atoms with Crippen molar-refractivity contribution in [1.82, 2.24) is 9.88 Å². The Morgan fingerprint density at radius 3 is 2.89 bits per heavy atom. The molecule has 1 saturated heterocycles. The van der Waals surface area contributed by atoms with Crippen molar-refractivity contribution in [3.63, 3.8) is 0 Å². The molecule has 0 amide bonds. The lowest BCUT2D eigenvalue weighted by atomic mass is 10.2. The molecule has 18 heavy (non-hydrogen) atoms. The van der Waals surface area contributed by atoms with Gasteiger partial charge in [-0.2, -0.15) is 5.26 Å². The normalized spacial score (nSPS) is 15.5. The first kappa shape index (κ1) is 12.7. The number of nitriles is 1. The Bertz CT molecular complexity index is 431. The second-order valence-corrected chi connectivity index (χ2v) is 4.60. The van der Waals surface area contributed by atoms with Gasteiger partial charge in [-0.15, -0.1) is 0 Å². The Labute approximate surface area is 108 Å². The van der Waals surface area contributed by atoms with Gasteiger partial charge in [0.2, 0.25) is 0 Å². The molecule has 5 heteroatoms. The first-order valence-electron chi connectivity index (χ1n) is 6.41. The highest BCUT2D eigenvalue weighted by Gasteiger charge is 2.10. The van der Waals surface area contributed by atoms with E-state index in [1.54, 1.807) is 12.3 Å². The average molecular weight is 245 g/mol. The first-order chi connectivity index (χ1) is 8.79. The van der Waals surface area contributed by atoms with Gasteiger partial charge in [-0.25, -0.2) is 4.98 Å². The van der Waals surface area contributed by atoms with Crippen molar-refractivity contribution < 1.29 is 0 Å². The molecule has 5 nitrogen and oxygen atoms in total. The first-order valence-corrected chi connectivity index (χ1v) is 6.41. The van der Waals surface area contributed by atoms with Gasteiger partial charge in [0.25, 0.3) is 0 Å². The summed E-state index contributed by atoms with van der Waals surface area (Å²) in [6.07, 6.45) is 5.29. The number of nitrogens with one attached hydrogen (secondary N) is 1. The third-order valence-corrected chi connectivity index (χ3v) is 3.19. The zero-order chi connectivity index (χ0) is 12.8. The minimum absolute atomic E-state index is 0.495. The van der Waals surface area contributed by atoms with Crippen LogP contribution in [0.4, 0.5) is 11.5 Å². The Balaban J connectivity index is 1.74. The lowest BCUT2D eigenvalue weighted by molar-refractivity contribution is 0.337. The largest absolute Gasteiger partial charge is 0.396 e. The fourth-order valence-electron chi connectivity index (χ4n) is 2.21. The summed E-state index contributed by atoms with van der Waals surface area (Å²) in [4.78, 5) is 6.63. The van der Waals surface area contributed by atoms with Crippen LogP contribution in [0.3, 0.4) is 0 Å². The summed E-state index contributed by atoms with van der Waals surface area (Å²) < 4.78 is 0. The van der Waals surface area contributed by atoms with Crippen LogP contribution in [0.25, 0.3) is 0 Å². The maximum atomic E-state index is 8.72. The zero-order valence-electron chi connectivity index (χ0n) is 10.5. The van der Waals surface area contributed by atoms with Gasteiger partial charge in [0.1, 0.15) is 11.9 Å². The Hall–Kier alpha value is -1.80. The van der Waals surface area contributed by atoms with Crippen molar-refractivity contribution in [1.29, 1.82) is 5.26 Å². The fourth-order valence-corrected chi connectivity index (χ4v) is 2.21.